The summed E-state index contributed by atoms with van der Waals surface area (Å²) in [6.07, 6.45) is 0.258. The van der Waals surface area contributed by atoms with Gasteiger partial charge >= 0.3 is 11.6 Å². The highest BCUT2D eigenvalue weighted by atomic mass is 32.2. The Balaban J connectivity index is 1.93. The van der Waals surface area contributed by atoms with Gasteiger partial charge < -0.3 is 9.52 Å². The van der Waals surface area contributed by atoms with Gasteiger partial charge in [0.1, 0.15) is 5.76 Å². The van der Waals surface area contributed by atoms with E-state index in [4.69, 9.17) is 9.52 Å². The maximum atomic E-state index is 12.6. The number of benzene rings is 2. The van der Waals surface area contributed by atoms with Crippen molar-refractivity contribution in [2.45, 2.75) is 23.5 Å². The smallest absolute Gasteiger partial charge is 0.350 e. The van der Waals surface area contributed by atoms with Crippen molar-refractivity contribution in [3.8, 4) is 11.3 Å². The van der Waals surface area contributed by atoms with E-state index in [0.29, 0.717) is 22.0 Å². The van der Waals surface area contributed by atoms with Gasteiger partial charge in [-0.25, -0.2) is 4.79 Å². The minimum absolute atomic E-state index is 0.0312. The van der Waals surface area contributed by atoms with E-state index in [1.807, 2.05) is 60.7 Å². The van der Waals surface area contributed by atoms with E-state index in [9.17, 15) is 9.59 Å². The van der Waals surface area contributed by atoms with Crippen LogP contribution in [0, 0.1) is 0 Å². The molecule has 0 atom stereocenters. The quantitative estimate of drug-likeness (QED) is 0.618. The molecule has 132 valence electrons. The van der Waals surface area contributed by atoms with Crippen molar-refractivity contribution in [3.63, 3.8) is 0 Å². The number of carboxylic acids is 1. The van der Waals surface area contributed by atoms with Gasteiger partial charge in [-0.3, -0.25) is 4.79 Å². The van der Waals surface area contributed by atoms with E-state index >= 15 is 0 Å². The minimum Gasteiger partial charge on any atom is -0.481 e. The van der Waals surface area contributed by atoms with Crippen LogP contribution in [0.25, 0.3) is 11.3 Å². The van der Waals surface area contributed by atoms with Gasteiger partial charge in [-0.05, 0) is 23.6 Å². The number of rotatable bonds is 7. The molecule has 0 aliphatic rings. The average molecular weight is 366 g/mol. The van der Waals surface area contributed by atoms with E-state index < -0.39 is 11.6 Å². The number of aliphatic carboxylic acids is 1. The molecule has 3 aromatic rings. The molecule has 3 rings (SSSR count). The zero-order valence-electron chi connectivity index (χ0n) is 14.1. The van der Waals surface area contributed by atoms with Crippen LogP contribution in [-0.2, 0) is 17.0 Å². The van der Waals surface area contributed by atoms with Crippen molar-refractivity contribution >= 4 is 17.7 Å². The number of carboxylic acid groups (broad SMARTS) is 1. The first-order valence-electron chi connectivity index (χ1n) is 8.24. The Hall–Kier alpha value is -2.79. The molecule has 0 amide bonds. The third-order valence-corrected chi connectivity index (χ3v) is 5.07. The molecular weight excluding hydrogens is 348 g/mol. The zero-order chi connectivity index (χ0) is 18.4. The summed E-state index contributed by atoms with van der Waals surface area (Å²) in [6.45, 7) is 0. The normalized spacial score (nSPS) is 10.6. The Morgan fingerprint density at radius 2 is 1.65 bits per heavy atom. The van der Waals surface area contributed by atoms with Crippen molar-refractivity contribution in [3.05, 3.63) is 88.3 Å². The third kappa shape index (κ3) is 4.64. The van der Waals surface area contributed by atoms with Crippen molar-refractivity contribution in [1.29, 1.82) is 0 Å². The van der Waals surface area contributed by atoms with Gasteiger partial charge in [0.05, 0.1) is 4.90 Å². The molecule has 1 N–H and O–H groups in total. The van der Waals surface area contributed by atoms with Crippen molar-refractivity contribution in [2.24, 2.45) is 0 Å². The minimum atomic E-state index is -0.890. The van der Waals surface area contributed by atoms with E-state index in [1.54, 1.807) is 6.07 Å². The molecule has 1 aromatic heterocycles. The summed E-state index contributed by atoms with van der Waals surface area (Å²) < 4.78 is 5.51. The van der Waals surface area contributed by atoms with Crippen LogP contribution in [0.3, 0.4) is 0 Å². The lowest BCUT2D eigenvalue weighted by atomic mass is 10.1. The fraction of sp³-hybridized carbons (Fsp3) is 0.143. The summed E-state index contributed by atoms with van der Waals surface area (Å²) in [5, 5.41) is 9.02. The molecule has 0 saturated heterocycles. The lowest BCUT2D eigenvalue weighted by molar-refractivity contribution is -0.136. The number of aryl methyl sites for hydroxylation is 1. The highest BCUT2D eigenvalue weighted by Gasteiger charge is 2.15. The first kappa shape index (κ1) is 18.0. The van der Waals surface area contributed by atoms with Gasteiger partial charge in [0.15, 0.2) is 0 Å². The fourth-order valence-electron chi connectivity index (χ4n) is 2.58. The monoisotopic (exact) mass is 366 g/mol. The third-order valence-electron chi connectivity index (χ3n) is 3.88. The van der Waals surface area contributed by atoms with Crippen molar-refractivity contribution < 1.29 is 14.3 Å². The molecule has 0 unspecified atom stereocenters. The van der Waals surface area contributed by atoms with E-state index in [1.165, 1.54) is 11.8 Å². The summed E-state index contributed by atoms with van der Waals surface area (Å²) in [4.78, 5) is 24.0. The molecule has 26 heavy (non-hydrogen) atoms. The first-order chi connectivity index (χ1) is 12.6. The van der Waals surface area contributed by atoms with Gasteiger partial charge in [0, 0.05) is 17.7 Å². The van der Waals surface area contributed by atoms with E-state index in [2.05, 4.69) is 0 Å². The molecule has 5 heteroatoms. The maximum absolute atomic E-state index is 12.6. The van der Waals surface area contributed by atoms with Gasteiger partial charge in [-0.15, -0.1) is 11.8 Å². The molecule has 0 radical (unpaired) electrons. The SMILES string of the molecule is O=C(O)CCc1cc(-c2ccccc2)oc(=O)c1SCc1ccccc1. The maximum Gasteiger partial charge on any atom is 0.350 e. The number of carbonyl (C=O) groups is 1. The van der Waals surface area contributed by atoms with E-state index in [0.717, 1.165) is 11.1 Å². The van der Waals surface area contributed by atoms with Crippen molar-refractivity contribution in [1.82, 2.24) is 0 Å². The van der Waals surface area contributed by atoms with Crippen LogP contribution >= 0.6 is 11.8 Å². The molecule has 0 spiro atoms. The Kier molecular flexibility index (Phi) is 5.92. The number of hydrogen-bond donors (Lipinski definition) is 1. The molecule has 0 aliphatic carbocycles. The standard InChI is InChI=1S/C21H18O4S/c22-19(23)12-11-17-13-18(16-9-5-2-6-10-16)25-21(24)20(17)26-14-15-7-3-1-4-8-15/h1-10,13H,11-12,14H2,(H,22,23). The lowest BCUT2D eigenvalue weighted by Gasteiger charge is -2.10. The van der Waals surface area contributed by atoms with E-state index in [-0.39, 0.29) is 12.8 Å². The Bertz CT molecular complexity index is 933. The van der Waals surface area contributed by atoms with Gasteiger partial charge in [-0.2, -0.15) is 0 Å². The highest BCUT2D eigenvalue weighted by molar-refractivity contribution is 7.98. The summed E-state index contributed by atoms with van der Waals surface area (Å²) in [5.74, 6) is 0.189. The second-order valence-corrected chi connectivity index (χ2v) is 6.77. The number of thioether (sulfide) groups is 1. The second kappa shape index (κ2) is 8.54. The largest absolute Gasteiger partial charge is 0.481 e. The fourth-order valence-corrected chi connectivity index (χ4v) is 3.59. The Morgan fingerprint density at radius 1 is 1.00 bits per heavy atom. The second-order valence-electron chi connectivity index (χ2n) is 5.79. The topological polar surface area (TPSA) is 67.5 Å². The molecule has 0 fully saturated rings. The van der Waals surface area contributed by atoms with Gasteiger partial charge in [0.2, 0.25) is 0 Å². The lowest BCUT2D eigenvalue weighted by Crippen LogP contribution is -2.09. The highest BCUT2D eigenvalue weighted by Crippen LogP contribution is 2.28. The van der Waals surface area contributed by atoms with Crippen LogP contribution in [0.2, 0.25) is 0 Å². The van der Waals surface area contributed by atoms with Crippen LogP contribution in [0.15, 0.2) is 80.8 Å². The molecule has 0 bridgehead atoms. The van der Waals surface area contributed by atoms with Crippen LogP contribution in [0.5, 0.6) is 0 Å². The summed E-state index contributed by atoms with van der Waals surface area (Å²) in [6, 6.07) is 20.9. The van der Waals surface area contributed by atoms with Gasteiger partial charge in [-0.1, -0.05) is 60.7 Å². The summed E-state index contributed by atoms with van der Waals surface area (Å²) >= 11 is 1.38. The summed E-state index contributed by atoms with van der Waals surface area (Å²) in [7, 11) is 0. The van der Waals surface area contributed by atoms with Crippen LogP contribution in [0.1, 0.15) is 17.5 Å². The molecule has 1 heterocycles. The average Bonchev–Trinajstić information content (AvgIpc) is 2.66. The molecule has 4 nitrogen and oxygen atoms in total. The predicted molar refractivity (Wildman–Crippen MR) is 102 cm³/mol. The molecular formula is C21H18O4S. The Labute approximate surface area is 155 Å². The van der Waals surface area contributed by atoms with Gasteiger partial charge in [0.25, 0.3) is 0 Å². The molecule has 0 aliphatic heterocycles. The van der Waals surface area contributed by atoms with Crippen LogP contribution in [-0.4, -0.2) is 11.1 Å². The predicted octanol–water partition coefficient (Wildman–Crippen LogP) is 4.62. The number of hydrogen-bond acceptors (Lipinski definition) is 4. The van der Waals surface area contributed by atoms with Crippen LogP contribution in [0.4, 0.5) is 0 Å². The van der Waals surface area contributed by atoms with Crippen LogP contribution < -0.4 is 5.63 Å². The Morgan fingerprint density at radius 3 is 2.31 bits per heavy atom. The molecule has 2 aromatic carbocycles. The summed E-state index contributed by atoms with van der Waals surface area (Å²) in [5.41, 5.74) is 2.17. The zero-order valence-corrected chi connectivity index (χ0v) is 14.9. The first-order valence-corrected chi connectivity index (χ1v) is 9.23. The molecule has 0 saturated carbocycles. The van der Waals surface area contributed by atoms with Crippen molar-refractivity contribution in [2.75, 3.05) is 0 Å².